The molecule has 0 aliphatic rings. The van der Waals surface area contributed by atoms with Crippen molar-refractivity contribution in [2.45, 2.75) is 40.3 Å². The summed E-state index contributed by atoms with van der Waals surface area (Å²) in [4.78, 5) is 0. The molecule has 0 saturated heterocycles. The molecule has 2 rings (SSSR count). The molecule has 1 unspecified atom stereocenters. The third-order valence-corrected chi connectivity index (χ3v) is 3.28. The van der Waals surface area contributed by atoms with E-state index in [9.17, 15) is 0 Å². The zero-order valence-corrected chi connectivity index (χ0v) is 11.5. The minimum Gasteiger partial charge on any atom is -0.306 e. The van der Waals surface area contributed by atoms with Crippen LogP contribution in [0, 0.1) is 20.8 Å². The largest absolute Gasteiger partial charge is 0.306 e. The van der Waals surface area contributed by atoms with Crippen LogP contribution in [-0.4, -0.2) is 10.2 Å². The molecule has 1 heterocycles. The van der Waals surface area contributed by atoms with Gasteiger partial charge in [-0.25, -0.2) is 0 Å². The number of rotatable bonds is 4. The maximum Gasteiger partial charge on any atom is 0.0535 e. The van der Waals surface area contributed by atoms with Gasteiger partial charge in [0, 0.05) is 23.8 Å². The first-order valence-electron chi connectivity index (χ1n) is 6.36. The first kappa shape index (κ1) is 12.8. The summed E-state index contributed by atoms with van der Waals surface area (Å²) in [6.45, 7) is 9.37. The fraction of sp³-hybridized carbons (Fsp3) is 0.400. The Hall–Kier alpha value is -1.61. The van der Waals surface area contributed by atoms with Gasteiger partial charge < -0.3 is 5.32 Å². The zero-order chi connectivity index (χ0) is 13.1. The molecule has 0 spiro atoms. The van der Waals surface area contributed by atoms with Gasteiger partial charge in [-0.15, -0.1) is 0 Å². The molecule has 18 heavy (non-hydrogen) atoms. The first-order valence-corrected chi connectivity index (χ1v) is 6.36. The molecule has 96 valence electrons. The number of H-pyrrole nitrogens is 1. The van der Waals surface area contributed by atoms with Crippen molar-refractivity contribution in [1.82, 2.24) is 15.5 Å². The van der Waals surface area contributed by atoms with Gasteiger partial charge in [-0.1, -0.05) is 29.3 Å². The summed E-state index contributed by atoms with van der Waals surface area (Å²) >= 11 is 0. The van der Waals surface area contributed by atoms with Crippen LogP contribution in [0.2, 0.25) is 0 Å². The fourth-order valence-corrected chi connectivity index (χ4v) is 2.19. The molecule has 3 heteroatoms. The third-order valence-electron chi connectivity index (χ3n) is 3.28. The second-order valence-electron chi connectivity index (χ2n) is 5.04. The maximum absolute atomic E-state index is 4.04. The van der Waals surface area contributed by atoms with Crippen molar-refractivity contribution >= 4 is 0 Å². The topological polar surface area (TPSA) is 40.7 Å². The van der Waals surface area contributed by atoms with Crippen LogP contribution < -0.4 is 5.32 Å². The van der Waals surface area contributed by atoms with Gasteiger partial charge in [-0.3, -0.25) is 5.10 Å². The molecule has 2 aromatic rings. The maximum atomic E-state index is 4.04. The summed E-state index contributed by atoms with van der Waals surface area (Å²) in [5.74, 6) is 0. The van der Waals surface area contributed by atoms with Crippen molar-refractivity contribution in [2.24, 2.45) is 0 Å². The van der Waals surface area contributed by atoms with Crippen molar-refractivity contribution in [3.63, 3.8) is 0 Å². The summed E-state index contributed by atoms with van der Waals surface area (Å²) in [6.07, 6.45) is 1.89. The van der Waals surface area contributed by atoms with Gasteiger partial charge in [0.2, 0.25) is 0 Å². The van der Waals surface area contributed by atoms with E-state index in [0.717, 1.165) is 12.2 Å². The van der Waals surface area contributed by atoms with Gasteiger partial charge in [-0.2, -0.15) is 5.10 Å². The van der Waals surface area contributed by atoms with Crippen LogP contribution in [0.25, 0.3) is 0 Å². The smallest absolute Gasteiger partial charge is 0.0535 e. The standard InChI is InChI=1S/C15H21N3/c1-10-5-11(2)7-14(6-10)12(3)16-8-15-9-17-18-13(15)4/h5-7,9,12,16H,8H2,1-4H3,(H,17,18). The van der Waals surface area contributed by atoms with E-state index in [-0.39, 0.29) is 0 Å². The number of aromatic amines is 1. The minimum absolute atomic E-state index is 0.345. The lowest BCUT2D eigenvalue weighted by atomic mass is 10.0. The lowest BCUT2D eigenvalue weighted by Gasteiger charge is -2.15. The third kappa shape index (κ3) is 2.99. The lowest BCUT2D eigenvalue weighted by molar-refractivity contribution is 0.573. The molecule has 1 aromatic heterocycles. The van der Waals surface area contributed by atoms with Crippen molar-refractivity contribution in [3.8, 4) is 0 Å². The Morgan fingerprint density at radius 1 is 1.17 bits per heavy atom. The fourth-order valence-electron chi connectivity index (χ4n) is 2.19. The van der Waals surface area contributed by atoms with E-state index in [1.807, 2.05) is 13.1 Å². The van der Waals surface area contributed by atoms with Crippen LogP contribution in [-0.2, 0) is 6.54 Å². The Labute approximate surface area is 109 Å². The predicted octanol–water partition coefficient (Wildman–Crippen LogP) is 3.19. The summed E-state index contributed by atoms with van der Waals surface area (Å²) < 4.78 is 0. The van der Waals surface area contributed by atoms with Gasteiger partial charge in [-0.05, 0) is 33.3 Å². The Morgan fingerprint density at radius 3 is 2.39 bits per heavy atom. The number of hydrogen-bond donors (Lipinski definition) is 2. The average molecular weight is 243 g/mol. The SMILES string of the molecule is Cc1cc(C)cc(C(C)NCc2cn[nH]c2C)c1. The van der Waals surface area contributed by atoms with Crippen LogP contribution >= 0.6 is 0 Å². The lowest BCUT2D eigenvalue weighted by Crippen LogP contribution is -2.18. The van der Waals surface area contributed by atoms with Gasteiger partial charge in [0.1, 0.15) is 0 Å². The monoisotopic (exact) mass is 243 g/mol. The van der Waals surface area contributed by atoms with Crippen molar-refractivity contribution in [3.05, 3.63) is 52.3 Å². The first-order chi connectivity index (χ1) is 8.56. The highest BCUT2D eigenvalue weighted by molar-refractivity contribution is 5.30. The van der Waals surface area contributed by atoms with Crippen molar-refractivity contribution in [2.75, 3.05) is 0 Å². The zero-order valence-electron chi connectivity index (χ0n) is 11.5. The molecule has 0 bridgehead atoms. The Morgan fingerprint density at radius 2 is 1.83 bits per heavy atom. The normalized spacial score (nSPS) is 12.7. The van der Waals surface area contributed by atoms with Crippen LogP contribution in [0.15, 0.2) is 24.4 Å². The number of hydrogen-bond acceptors (Lipinski definition) is 2. The number of aryl methyl sites for hydroxylation is 3. The quantitative estimate of drug-likeness (QED) is 0.866. The second kappa shape index (κ2) is 5.36. The van der Waals surface area contributed by atoms with E-state index >= 15 is 0 Å². The Balaban J connectivity index is 2.03. The van der Waals surface area contributed by atoms with Crippen LogP contribution in [0.3, 0.4) is 0 Å². The number of nitrogens with one attached hydrogen (secondary N) is 2. The van der Waals surface area contributed by atoms with Gasteiger partial charge in [0.25, 0.3) is 0 Å². The highest BCUT2D eigenvalue weighted by Gasteiger charge is 2.07. The summed E-state index contributed by atoms with van der Waals surface area (Å²) in [5, 5.41) is 10.5. The molecular formula is C15H21N3. The van der Waals surface area contributed by atoms with E-state index in [2.05, 4.69) is 54.5 Å². The van der Waals surface area contributed by atoms with Crippen molar-refractivity contribution < 1.29 is 0 Å². The number of benzene rings is 1. The molecule has 3 nitrogen and oxygen atoms in total. The molecule has 0 aliphatic carbocycles. The molecule has 1 aromatic carbocycles. The molecule has 0 aliphatic heterocycles. The Kier molecular flexibility index (Phi) is 3.82. The predicted molar refractivity (Wildman–Crippen MR) is 74.5 cm³/mol. The van der Waals surface area contributed by atoms with E-state index in [0.29, 0.717) is 6.04 Å². The number of aromatic nitrogens is 2. The molecule has 0 radical (unpaired) electrons. The van der Waals surface area contributed by atoms with Crippen LogP contribution in [0.5, 0.6) is 0 Å². The second-order valence-corrected chi connectivity index (χ2v) is 5.04. The summed E-state index contributed by atoms with van der Waals surface area (Å²) in [6, 6.07) is 7.04. The van der Waals surface area contributed by atoms with Gasteiger partial charge >= 0.3 is 0 Å². The van der Waals surface area contributed by atoms with Crippen LogP contribution in [0.1, 0.15) is 40.9 Å². The van der Waals surface area contributed by atoms with Crippen molar-refractivity contribution in [1.29, 1.82) is 0 Å². The minimum atomic E-state index is 0.345. The van der Waals surface area contributed by atoms with Gasteiger partial charge in [0.15, 0.2) is 0 Å². The number of nitrogens with zero attached hydrogens (tertiary/aromatic N) is 1. The van der Waals surface area contributed by atoms with E-state index in [4.69, 9.17) is 0 Å². The van der Waals surface area contributed by atoms with E-state index < -0.39 is 0 Å². The average Bonchev–Trinajstić information content (AvgIpc) is 2.70. The molecular weight excluding hydrogens is 222 g/mol. The highest BCUT2D eigenvalue weighted by atomic mass is 15.1. The highest BCUT2D eigenvalue weighted by Crippen LogP contribution is 2.17. The molecule has 0 saturated carbocycles. The Bertz CT molecular complexity index is 508. The molecule has 1 atom stereocenters. The molecule has 0 amide bonds. The summed E-state index contributed by atoms with van der Waals surface area (Å²) in [5.41, 5.74) is 6.34. The van der Waals surface area contributed by atoms with E-state index in [1.54, 1.807) is 0 Å². The molecule has 0 fully saturated rings. The van der Waals surface area contributed by atoms with E-state index in [1.165, 1.54) is 22.3 Å². The van der Waals surface area contributed by atoms with Gasteiger partial charge in [0.05, 0.1) is 6.20 Å². The van der Waals surface area contributed by atoms with Crippen LogP contribution in [0.4, 0.5) is 0 Å². The summed E-state index contributed by atoms with van der Waals surface area (Å²) in [7, 11) is 0. The molecule has 2 N–H and O–H groups in total.